The van der Waals surface area contributed by atoms with Crippen LogP contribution in [0.1, 0.15) is 11.7 Å². The van der Waals surface area contributed by atoms with Gasteiger partial charge in [-0.15, -0.1) is 0 Å². The highest BCUT2D eigenvalue weighted by Gasteiger charge is 2.43. The van der Waals surface area contributed by atoms with Gasteiger partial charge < -0.3 is 25.2 Å². The molecule has 1 aliphatic heterocycles. The standard InChI is InChI=1S/C22H22O5/c23-12-18-19(24)20(25)21(26)22(27-18)16-8-4-7-15(9-16)17-10-13-5-2-1-3-6-14(13)11-17/h1-11,18-26H,12H2/t18-,19-,20+,21-,22+/m1/s1. The summed E-state index contributed by atoms with van der Waals surface area (Å²) in [6.07, 6.45) is -5.77. The zero-order chi connectivity index (χ0) is 19.0. The summed E-state index contributed by atoms with van der Waals surface area (Å²) in [6.45, 7) is -0.438. The van der Waals surface area contributed by atoms with E-state index < -0.39 is 37.1 Å². The minimum Gasteiger partial charge on any atom is -0.394 e. The molecular formula is C22H22O5. The van der Waals surface area contributed by atoms with Crippen molar-refractivity contribution >= 4 is 0 Å². The fourth-order valence-corrected chi connectivity index (χ4v) is 3.65. The number of aliphatic hydroxyl groups is 4. The van der Waals surface area contributed by atoms with Gasteiger partial charge in [0.25, 0.3) is 0 Å². The molecule has 27 heavy (non-hydrogen) atoms. The molecule has 0 saturated carbocycles. The Morgan fingerprint density at radius 1 is 0.667 bits per heavy atom. The third kappa shape index (κ3) is 3.36. The molecule has 4 rings (SSSR count). The minimum absolute atomic E-state index is 0.438. The third-order valence-electron chi connectivity index (χ3n) is 5.17. The van der Waals surface area contributed by atoms with Crippen LogP contribution in [0.3, 0.4) is 0 Å². The Morgan fingerprint density at radius 3 is 1.96 bits per heavy atom. The largest absolute Gasteiger partial charge is 0.394 e. The van der Waals surface area contributed by atoms with Crippen molar-refractivity contribution < 1.29 is 25.2 Å². The number of fused-ring (bicyclic) bond motifs is 1. The summed E-state index contributed by atoms with van der Waals surface area (Å²) >= 11 is 0. The second-order valence-electron chi connectivity index (χ2n) is 6.94. The van der Waals surface area contributed by atoms with Crippen molar-refractivity contribution in [1.82, 2.24) is 0 Å². The van der Waals surface area contributed by atoms with Crippen molar-refractivity contribution in [2.75, 3.05) is 6.61 Å². The van der Waals surface area contributed by atoms with Crippen LogP contribution < -0.4 is 0 Å². The van der Waals surface area contributed by atoms with Gasteiger partial charge in [-0.05, 0) is 46.0 Å². The first-order valence-electron chi connectivity index (χ1n) is 8.98. The van der Waals surface area contributed by atoms with Crippen molar-refractivity contribution in [2.45, 2.75) is 30.5 Å². The van der Waals surface area contributed by atoms with Gasteiger partial charge in [-0.3, -0.25) is 0 Å². The van der Waals surface area contributed by atoms with Gasteiger partial charge in [0.1, 0.15) is 30.5 Å². The number of benzene rings is 1. The third-order valence-corrected chi connectivity index (χ3v) is 5.17. The Kier molecular flexibility index (Phi) is 4.95. The van der Waals surface area contributed by atoms with E-state index in [1.807, 2.05) is 36.4 Å². The van der Waals surface area contributed by atoms with Crippen molar-refractivity contribution in [3.05, 3.63) is 72.3 Å². The monoisotopic (exact) mass is 366 g/mol. The first-order valence-corrected chi connectivity index (χ1v) is 8.98. The first-order chi connectivity index (χ1) is 13.1. The fraction of sp³-hybridized carbons (Fsp3) is 0.273. The van der Waals surface area contributed by atoms with Gasteiger partial charge in [0.05, 0.1) is 6.61 Å². The second kappa shape index (κ2) is 7.38. The van der Waals surface area contributed by atoms with Crippen molar-refractivity contribution in [3.8, 4) is 22.3 Å². The van der Waals surface area contributed by atoms with E-state index in [9.17, 15) is 20.4 Å². The van der Waals surface area contributed by atoms with Crippen LogP contribution in [-0.2, 0) is 4.74 Å². The summed E-state index contributed by atoms with van der Waals surface area (Å²) in [5.74, 6) is 0. The lowest BCUT2D eigenvalue weighted by Crippen LogP contribution is -2.55. The van der Waals surface area contributed by atoms with Crippen molar-refractivity contribution in [1.29, 1.82) is 0 Å². The maximum absolute atomic E-state index is 10.4. The molecule has 1 aromatic rings. The molecule has 1 aromatic carbocycles. The maximum Gasteiger partial charge on any atom is 0.113 e. The zero-order valence-corrected chi connectivity index (χ0v) is 14.6. The predicted molar refractivity (Wildman–Crippen MR) is 101 cm³/mol. The highest BCUT2D eigenvalue weighted by molar-refractivity contribution is 5.80. The Hall–Kier alpha value is -2.28. The van der Waals surface area contributed by atoms with E-state index >= 15 is 0 Å². The number of hydrogen-bond acceptors (Lipinski definition) is 5. The summed E-state index contributed by atoms with van der Waals surface area (Å²) in [4.78, 5) is 0. The van der Waals surface area contributed by atoms with Gasteiger partial charge in [0, 0.05) is 0 Å². The molecule has 5 nitrogen and oxygen atoms in total. The Morgan fingerprint density at radius 2 is 1.30 bits per heavy atom. The van der Waals surface area contributed by atoms with Crippen LogP contribution in [0.15, 0.2) is 66.7 Å². The average molecular weight is 366 g/mol. The van der Waals surface area contributed by atoms with E-state index in [2.05, 4.69) is 24.3 Å². The molecule has 1 saturated heterocycles. The normalized spacial score (nSPS) is 28.4. The molecule has 5 heteroatoms. The Balaban J connectivity index is 1.69. The smallest absolute Gasteiger partial charge is 0.113 e. The SMILES string of the molecule is OC[C@H]1O[C@@H](c2cccc(-c3cc4cccccc-4c3)c2)[C@H](O)[C@@H](O)[C@@H]1O. The van der Waals surface area contributed by atoms with Gasteiger partial charge in [0.2, 0.25) is 0 Å². The van der Waals surface area contributed by atoms with Crippen LogP contribution in [0.5, 0.6) is 0 Å². The Labute approximate surface area is 157 Å². The zero-order valence-electron chi connectivity index (χ0n) is 14.6. The van der Waals surface area contributed by atoms with E-state index in [-0.39, 0.29) is 0 Å². The van der Waals surface area contributed by atoms with Gasteiger partial charge in [-0.2, -0.15) is 0 Å². The maximum atomic E-state index is 10.4. The molecule has 0 radical (unpaired) electrons. The Bertz CT molecular complexity index is 863. The molecule has 0 bridgehead atoms. The minimum atomic E-state index is -1.38. The number of aliphatic hydroxyl groups excluding tert-OH is 4. The lowest BCUT2D eigenvalue weighted by molar-refractivity contribution is -0.231. The van der Waals surface area contributed by atoms with Gasteiger partial charge in [-0.25, -0.2) is 0 Å². The molecule has 3 aliphatic rings. The first kappa shape index (κ1) is 18.1. The molecule has 1 heterocycles. The lowest BCUT2D eigenvalue weighted by Gasteiger charge is -2.40. The van der Waals surface area contributed by atoms with Crippen LogP contribution in [-0.4, -0.2) is 51.4 Å². The van der Waals surface area contributed by atoms with E-state index in [0.29, 0.717) is 5.56 Å². The molecule has 2 aliphatic carbocycles. The summed E-state index contributed by atoms with van der Waals surface area (Å²) in [5, 5.41) is 39.8. The molecule has 0 aromatic heterocycles. The average Bonchev–Trinajstić information content (AvgIpc) is 2.97. The quantitative estimate of drug-likeness (QED) is 0.569. The number of rotatable bonds is 3. The molecule has 5 atom stereocenters. The molecule has 0 unspecified atom stereocenters. The van der Waals surface area contributed by atoms with Crippen LogP contribution in [0.25, 0.3) is 22.3 Å². The summed E-state index contributed by atoms with van der Waals surface area (Å²) in [6, 6.07) is 21.8. The molecule has 0 amide bonds. The van der Waals surface area contributed by atoms with Gasteiger partial charge in [0.15, 0.2) is 0 Å². The predicted octanol–water partition coefficient (Wildman–Crippen LogP) is 1.97. The summed E-state index contributed by atoms with van der Waals surface area (Å²) in [5.41, 5.74) is 4.95. The van der Waals surface area contributed by atoms with Crippen LogP contribution in [0.4, 0.5) is 0 Å². The van der Waals surface area contributed by atoms with Crippen molar-refractivity contribution in [2.24, 2.45) is 0 Å². The molecule has 1 fully saturated rings. The van der Waals surface area contributed by atoms with E-state index in [4.69, 9.17) is 4.74 Å². The lowest BCUT2D eigenvalue weighted by atomic mass is 9.90. The van der Waals surface area contributed by atoms with Gasteiger partial charge >= 0.3 is 0 Å². The summed E-state index contributed by atoms with van der Waals surface area (Å²) < 4.78 is 5.67. The van der Waals surface area contributed by atoms with Crippen LogP contribution in [0, 0.1) is 0 Å². The highest BCUT2D eigenvalue weighted by Crippen LogP contribution is 2.36. The summed E-state index contributed by atoms with van der Waals surface area (Å²) in [7, 11) is 0. The van der Waals surface area contributed by atoms with Crippen LogP contribution >= 0.6 is 0 Å². The number of ether oxygens (including phenoxy) is 1. The number of hydrogen-bond donors (Lipinski definition) is 4. The topological polar surface area (TPSA) is 90.2 Å². The van der Waals surface area contributed by atoms with E-state index in [0.717, 1.165) is 22.3 Å². The van der Waals surface area contributed by atoms with Crippen LogP contribution in [0.2, 0.25) is 0 Å². The second-order valence-corrected chi connectivity index (χ2v) is 6.94. The van der Waals surface area contributed by atoms with Gasteiger partial charge in [-0.1, -0.05) is 48.5 Å². The molecule has 4 N–H and O–H groups in total. The van der Waals surface area contributed by atoms with E-state index in [1.165, 1.54) is 0 Å². The fourth-order valence-electron chi connectivity index (χ4n) is 3.65. The van der Waals surface area contributed by atoms with Crippen molar-refractivity contribution in [3.63, 3.8) is 0 Å². The molecule has 0 spiro atoms. The highest BCUT2D eigenvalue weighted by atomic mass is 16.5. The molecule has 140 valence electrons. The molecular weight excluding hydrogens is 344 g/mol. The van der Waals surface area contributed by atoms with E-state index in [1.54, 1.807) is 6.07 Å².